The highest BCUT2D eigenvalue weighted by molar-refractivity contribution is 6.03. The number of amides is 1. The van der Waals surface area contributed by atoms with Crippen LogP contribution in [0.4, 0.5) is 11.5 Å². The minimum absolute atomic E-state index is 0.211. The number of carbonyl (C=O) groups excluding carboxylic acids is 1. The molecular weight excluding hydrogens is 336 g/mol. The predicted molar refractivity (Wildman–Crippen MR) is 107 cm³/mol. The van der Waals surface area contributed by atoms with E-state index in [-0.39, 0.29) is 5.91 Å². The lowest BCUT2D eigenvalue weighted by Gasteiger charge is -2.29. The largest absolute Gasteiger partial charge is 0.352 e. The maximum atomic E-state index is 12.7. The summed E-state index contributed by atoms with van der Waals surface area (Å²) in [5.41, 5.74) is 5.01. The molecule has 2 heterocycles. The zero-order valence-corrected chi connectivity index (χ0v) is 15.4. The monoisotopic (exact) mass is 358 g/mol. The third-order valence-electron chi connectivity index (χ3n) is 4.99. The zero-order valence-electron chi connectivity index (χ0n) is 15.4. The number of aryl methyl sites for hydroxylation is 1. The maximum Gasteiger partial charge on any atom is 0.274 e. The van der Waals surface area contributed by atoms with Crippen LogP contribution in [-0.4, -0.2) is 22.4 Å². The molecule has 0 aliphatic carbocycles. The van der Waals surface area contributed by atoms with Gasteiger partial charge in [0.15, 0.2) is 0 Å². The van der Waals surface area contributed by atoms with E-state index >= 15 is 0 Å². The summed E-state index contributed by atoms with van der Waals surface area (Å²) in [4.78, 5) is 23.5. The highest BCUT2D eigenvalue weighted by atomic mass is 16.1. The summed E-state index contributed by atoms with van der Waals surface area (Å²) < 4.78 is 0. The van der Waals surface area contributed by atoms with E-state index in [2.05, 4.69) is 51.4 Å². The quantitative estimate of drug-likeness (QED) is 0.769. The molecule has 2 aromatic carbocycles. The van der Waals surface area contributed by atoms with E-state index in [9.17, 15) is 4.79 Å². The Morgan fingerprint density at radius 3 is 2.70 bits per heavy atom. The number of nitrogens with one attached hydrogen (secondary N) is 1. The van der Waals surface area contributed by atoms with Crippen molar-refractivity contribution < 1.29 is 4.79 Å². The van der Waals surface area contributed by atoms with Crippen LogP contribution < -0.4 is 10.2 Å². The van der Waals surface area contributed by atoms with Crippen molar-refractivity contribution in [3.05, 3.63) is 83.3 Å². The van der Waals surface area contributed by atoms with Crippen molar-refractivity contribution in [2.24, 2.45) is 0 Å². The van der Waals surface area contributed by atoms with Crippen LogP contribution in [0.5, 0.6) is 0 Å². The zero-order chi connectivity index (χ0) is 18.6. The molecule has 1 N–H and O–H groups in total. The average Bonchev–Trinajstić information content (AvgIpc) is 2.74. The summed E-state index contributed by atoms with van der Waals surface area (Å²) in [5.74, 6) is 0.574. The molecule has 5 nitrogen and oxygen atoms in total. The second kappa shape index (κ2) is 7.58. The molecule has 1 aromatic heterocycles. The first-order valence-electron chi connectivity index (χ1n) is 9.27. The molecule has 0 unspecified atom stereocenters. The number of nitrogens with zero attached hydrogens (tertiary/aromatic N) is 3. The SMILES string of the molecule is CCc1ccccc1NC(=O)c1cc(N2CCc3ccccc3C2)ncn1. The Morgan fingerprint density at radius 1 is 1.07 bits per heavy atom. The first kappa shape index (κ1) is 17.2. The molecule has 0 saturated heterocycles. The van der Waals surface area contributed by atoms with E-state index in [0.29, 0.717) is 5.69 Å². The molecule has 27 heavy (non-hydrogen) atoms. The number of hydrogen-bond donors (Lipinski definition) is 1. The Kier molecular flexibility index (Phi) is 4.83. The highest BCUT2D eigenvalue weighted by Gasteiger charge is 2.19. The molecule has 5 heteroatoms. The third kappa shape index (κ3) is 3.67. The second-order valence-corrected chi connectivity index (χ2v) is 6.67. The summed E-state index contributed by atoms with van der Waals surface area (Å²) in [5, 5.41) is 2.98. The fraction of sp³-hybridized carbons (Fsp3) is 0.227. The van der Waals surface area contributed by atoms with Gasteiger partial charge in [0.25, 0.3) is 5.91 Å². The molecule has 0 spiro atoms. The van der Waals surface area contributed by atoms with Gasteiger partial charge in [-0.15, -0.1) is 0 Å². The number of anilines is 2. The van der Waals surface area contributed by atoms with Gasteiger partial charge in [-0.3, -0.25) is 4.79 Å². The van der Waals surface area contributed by atoms with Gasteiger partial charge in [0.2, 0.25) is 0 Å². The molecule has 136 valence electrons. The van der Waals surface area contributed by atoms with Crippen molar-refractivity contribution in [3.8, 4) is 0 Å². The van der Waals surface area contributed by atoms with Gasteiger partial charge < -0.3 is 10.2 Å². The van der Waals surface area contributed by atoms with Gasteiger partial charge in [0.05, 0.1) is 0 Å². The van der Waals surface area contributed by atoms with Crippen LogP contribution in [0.2, 0.25) is 0 Å². The maximum absolute atomic E-state index is 12.7. The number of aromatic nitrogens is 2. The van der Waals surface area contributed by atoms with Gasteiger partial charge in [-0.25, -0.2) is 9.97 Å². The van der Waals surface area contributed by atoms with Gasteiger partial charge in [0.1, 0.15) is 17.8 Å². The Bertz CT molecular complexity index is 970. The minimum atomic E-state index is -0.211. The molecule has 0 atom stereocenters. The summed E-state index contributed by atoms with van der Waals surface area (Å²) in [6.45, 7) is 3.75. The van der Waals surface area contributed by atoms with E-state index < -0.39 is 0 Å². The van der Waals surface area contributed by atoms with Crippen molar-refractivity contribution in [1.29, 1.82) is 0 Å². The summed E-state index contributed by atoms with van der Waals surface area (Å²) >= 11 is 0. The Balaban J connectivity index is 1.53. The number of rotatable bonds is 4. The van der Waals surface area contributed by atoms with E-state index in [1.807, 2.05) is 24.3 Å². The van der Waals surface area contributed by atoms with E-state index in [4.69, 9.17) is 0 Å². The lowest BCUT2D eigenvalue weighted by Crippen LogP contribution is -2.31. The molecule has 3 aromatic rings. The number of hydrogen-bond acceptors (Lipinski definition) is 4. The first-order chi connectivity index (χ1) is 13.2. The fourth-order valence-corrected chi connectivity index (χ4v) is 3.47. The third-order valence-corrected chi connectivity index (χ3v) is 4.99. The highest BCUT2D eigenvalue weighted by Crippen LogP contribution is 2.23. The minimum Gasteiger partial charge on any atom is -0.352 e. The standard InChI is InChI=1S/C22H22N4O/c1-2-16-7-5-6-10-19(16)25-22(27)20-13-21(24-15-23-20)26-12-11-17-8-3-4-9-18(17)14-26/h3-10,13,15H,2,11-12,14H2,1H3,(H,25,27). The molecule has 1 aliphatic rings. The lowest BCUT2D eigenvalue weighted by atomic mass is 10.00. The van der Waals surface area contributed by atoms with Crippen molar-refractivity contribution in [2.45, 2.75) is 26.3 Å². The Labute approximate surface area is 159 Å². The van der Waals surface area contributed by atoms with Crippen LogP contribution in [0.25, 0.3) is 0 Å². The molecular formula is C22H22N4O. The van der Waals surface area contributed by atoms with Crippen molar-refractivity contribution in [3.63, 3.8) is 0 Å². The van der Waals surface area contributed by atoms with Gasteiger partial charge in [-0.1, -0.05) is 49.4 Å². The molecule has 4 rings (SSSR count). The molecule has 0 saturated carbocycles. The summed E-state index contributed by atoms with van der Waals surface area (Å²) in [6.07, 6.45) is 3.31. The molecule has 1 aliphatic heterocycles. The predicted octanol–water partition coefficient (Wildman–Crippen LogP) is 3.85. The Hall–Kier alpha value is -3.21. The van der Waals surface area contributed by atoms with Gasteiger partial charge in [-0.2, -0.15) is 0 Å². The van der Waals surface area contributed by atoms with Crippen LogP contribution in [0, 0.1) is 0 Å². The fourth-order valence-electron chi connectivity index (χ4n) is 3.47. The normalized spacial score (nSPS) is 13.1. The lowest BCUT2D eigenvalue weighted by molar-refractivity contribution is 0.102. The average molecular weight is 358 g/mol. The van der Waals surface area contributed by atoms with E-state index in [1.165, 1.54) is 17.5 Å². The summed E-state index contributed by atoms with van der Waals surface area (Å²) in [7, 11) is 0. The van der Waals surface area contributed by atoms with Gasteiger partial charge in [-0.05, 0) is 35.6 Å². The Morgan fingerprint density at radius 2 is 1.85 bits per heavy atom. The van der Waals surface area contributed by atoms with Gasteiger partial charge in [0, 0.05) is 24.8 Å². The van der Waals surface area contributed by atoms with Crippen LogP contribution in [0.15, 0.2) is 60.9 Å². The van der Waals surface area contributed by atoms with Crippen LogP contribution >= 0.6 is 0 Å². The van der Waals surface area contributed by atoms with Crippen LogP contribution in [-0.2, 0) is 19.4 Å². The topological polar surface area (TPSA) is 58.1 Å². The number of para-hydroxylation sites is 1. The van der Waals surface area contributed by atoms with Crippen molar-refractivity contribution in [1.82, 2.24) is 9.97 Å². The number of benzene rings is 2. The van der Waals surface area contributed by atoms with Crippen LogP contribution in [0.3, 0.4) is 0 Å². The van der Waals surface area contributed by atoms with Gasteiger partial charge >= 0.3 is 0 Å². The van der Waals surface area contributed by atoms with E-state index in [0.717, 1.165) is 43.0 Å². The van der Waals surface area contributed by atoms with Crippen molar-refractivity contribution in [2.75, 3.05) is 16.8 Å². The summed E-state index contributed by atoms with van der Waals surface area (Å²) in [6, 6.07) is 18.1. The molecule has 1 amide bonds. The molecule has 0 radical (unpaired) electrons. The number of carbonyl (C=O) groups is 1. The van der Waals surface area contributed by atoms with Crippen LogP contribution in [0.1, 0.15) is 34.1 Å². The molecule has 0 fully saturated rings. The smallest absolute Gasteiger partial charge is 0.274 e. The number of fused-ring (bicyclic) bond motifs is 1. The van der Waals surface area contributed by atoms with E-state index in [1.54, 1.807) is 6.07 Å². The van der Waals surface area contributed by atoms with Crippen molar-refractivity contribution >= 4 is 17.4 Å². The molecule has 0 bridgehead atoms. The second-order valence-electron chi connectivity index (χ2n) is 6.67. The first-order valence-corrected chi connectivity index (χ1v) is 9.27.